The normalized spacial score (nSPS) is 16.8. The zero-order chi connectivity index (χ0) is 7.98. The van der Waals surface area contributed by atoms with Crippen molar-refractivity contribution in [2.24, 2.45) is 11.8 Å². The first kappa shape index (κ1) is 9.92. The average molecular weight is 146 g/mol. The van der Waals surface area contributed by atoms with Crippen LogP contribution in [0.4, 0.5) is 0 Å². The van der Waals surface area contributed by atoms with E-state index < -0.39 is 0 Å². The van der Waals surface area contributed by atoms with Crippen LogP contribution < -0.4 is 0 Å². The number of aliphatic hydroxyl groups excluding tert-OH is 1. The molecule has 0 heterocycles. The van der Waals surface area contributed by atoms with Crippen LogP contribution in [0.25, 0.3) is 0 Å². The van der Waals surface area contributed by atoms with Crippen molar-refractivity contribution < 1.29 is 9.84 Å². The van der Waals surface area contributed by atoms with Crippen LogP contribution in [-0.4, -0.2) is 25.4 Å². The Labute approximate surface area is 63.2 Å². The summed E-state index contributed by atoms with van der Waals surface area (Å²) in [6, 6.07) is 0. The quantitative estimate of drug-likeness (QED) is 0.633. The van der Waals surface area contributed by atoms with Gasteiger partial charge in [0.1, 0.15) is 0 Å². The van der Waals surface area contributed by atoms with Gasteiger partial charge in [0.15, 0.2) is 0 Å². The first-order valence-corrected chi connectivity index (χ1v) is 3.80. The molecule has 0 aliphatic heterocycles. The zero-order valence-corrected chi connectivity index (χ0v) is 7.13. The lowest BCUT2D eigenvalue weighted by atomic mass is 9.99. The lowest BCUT2D eigenvalue weighted by Gasteiger charge is -2.13. The maximum absolute atomic E-state index is 8.71. The maximum Gasteiger partial charge on any atom is 0.0487 e. The highest BCUT2D eigenvalue weighted by molar-refractivity contribution is 4.56. The van der Waals surface area contributed by atoms with E-state index in [0.717, 1.165) is 13.0 Å². The minimum absolute atomic E-state index is 0.286. The SMILES string of the molecule is COCC(C)CC(C)CO. The fourth-order valence-corrected chi connectivity index (χ4v) is 1.11. The molecule has 0 radical (unpaired) electrons. The highest BCUT2D eigenvalue weighted by Crippen LogP contribution is 2.10. The molecule has 0 saturated heterocycles. The number of rotatable bonds is 5. The molecular formula is C8H18O2. The second-order valence-electron chi connectivity index (χ2n) is 3.08. The summed E-state index contributed by atoms with van der Waals surface area (Å²) in [6.45, 7) is 5.26. The van der Waals surface area contributed by atoms with Crippen LogP contribution in [0.3, 0.4) is 0 Å². The Morgan fingerprint density at radius 3 is 2.30 bits per heavy atom. The molecule has 0 spiro atoms. The highest BCUT2D eigenvalue weighted by Gasteiger charge is 2.06. The molecule has 0 rings (SSSR count). The molecule has 0 amide bonds. The van der Waals surface area contributed by atoms with Gasteiger partial charge in [0.25, 0.3) is 0 Å². The minimum Gasteiger partial charge on any atom is -0.396 e. The molecule has 0 aromatic rings. The Kier molecular flexibility index (Phi) is 5.64. The smallest absolute Gasteiger partial charge is 0.0487 e. The molecule has 0 fully saturated rings. The second kappa shape index (κ2) is 5.69. The summed E-state index contributed by atoms with van der Waals surface area (Å²) < 4.78 is 4.97. The molecule has 0 aromatic heterocycles. The van der Waals surface area contributed by atoms with Crippen molar-refractivity contribution in [1.82, 2.24) is 0 Å². The van der Waals surface area contributed by atoms with Gasteiger partial charge in [-0.3, -0.25) is 0 Å². The van der Waals surface area contributed by atoms with E-state index in [2.05, 4.69) is 6.92 Å². The zero-order valence-electron chi connectivity index (χ0n) is 7.13. The van der Waals surface area contributed by atoms with Crippen molar-refractivity contribution in [2.45, 2.75) is 20.3 Å². The average Bonchev–Trinajstić information content (AvgIpc) is 1.88. The van der Waals surface area contributed by atoms with Gasteiger partial charge in [-0.1, -0.05) is 13.8 Å². The van der Waals surface area contributed by atoms with Gasteiger partial charge in [-0.2, -0.15) is 0 Å². The molecule has 62 valence electrons. The lowest BCUT2D eigenvalue weighted by molar-refractivity contribution is 0.134. The summed E-state index contributed by atoms with van der Waals surface area (Å²) in [5.41, 5.74) is 0. The minimum atomic E-state index is 0.286. The first-order chi connectivity index (χ1) is 4.70. The van der Waals surface area contributed by atoms with Crippen molar-refractivity contribution in [3.8, 4) is 0 Å². The van der Waals surface area contributed by atoms with E-state index in [9.17, 15) is 0 Å². The van der Waals surface area contributed by atoms with Crippen molar-refractivity contribution in [3.05, 3.63) is 0 Å². The molecule has 0 saturated carbocycles. The molecular weight excluding hydrogens is 128 g/mol. The summed E-state index contributed by atoms with van der Waals surface area (Å²) in [4.78, 5) is 0. The van der Waals surface area contributed by atoms with Crippen LogP contribution in [0.2, 0.25) is 0 Å². The van der Waals surface area contributed by atoms with E-state index in [1.807, 2.05) is 6.92 Å². The third-order valence-corrected chi connectivity index (χ3v) is 1.57. The summed E-state index contributed by atoms with van der Waals surface area (Å²) in [5.74, 6) is 0.970. The monoisotopic (exact) mass is 146 g/mol. The number of hydrogen-bond donors (Lipinski definition) is 1. The Morgan fingerprint density at radius 2 is 1.90 bits per heavy atom. The topological polar surface area (TPSA) is 29.5 Å². The summed E-state index contributed by atoms with van der Waals surface area (Å²) in [7, 11) is 1.71. The summed E-state index contributed by atoms with van der Waals surface area (Å²) >= 11 is 0. The van der Waals surface area contributed by atoms with Crippen LogP contribution in [0, 0.1) is 11.8 Å². The van der Waals surface area contributed by atoms with Crippen LogP contribution in [0.15, 0.2) is 0 Å². The number of aliphatic hydroxyl groups is 1. The molecule has 0 aliphatic rings. The molecule has 1 N–H and O–H groups in total. The van der Waals surface area contributed by atoms with Gasteiger partial charge >= 0.3 is 0 Å². The van der Waals surface area contributed by atoms with Gasteiger partial charge in [0.2, 0.25) is 0 Å². The molecule has 2 nitrogen and oxygen atoms in total. The summed E-state index contributed by atoms with van der Waals surface area (Å²) in [5, 5.41) is 8.71. The van der Waals surface area contributed by atoms with E-state index in [1.54, 1.807) is 7.11 Å². The van der Waals surface area contributed by atoms with E-state index >= 15 is 0 Å². The molecule has 0 bridgehead atoms. The fourth-order valence-electron chi connectivity index (χ4n) is 1.11. The highest BCUT2D eigenvalue weighted by atomic mass is 16.5. The van der Waals surface area contributed by atoms with Gasteiger partial charge in [0.05, 0.1) is 0 Å². The second-order valence-corrected chi connectivity index (χ2v) is 3.08. The molecule has 2 atom stereocenters. The van der Waals surface area contributed by atoms with E-state index in [1.165, 1.54) is 0 Å². The number of ether oxygens (including phenoxy) is 1. The molecule has 2 heteroatoms. The predicted octanol–water partition coefficient (Wildman–Crippen LogP) is 1.29. The van der Waals surface area contributed by atoms with Crippen molar-refractivity contribution >= 4 is 0 Å². The van der Waals surface area contributed by atoms with Crippen LogP contribution in [0.1, 0.15) is 20.3 Å². The van der Waals surface area contributed by atoms with Crippen LogP contribution >= 0.6 is 0 Å². The van der Waals surface area contributed by atoms with E-state index in [0.29, 0.717) is 11.8 Å². The van der Waals surface area contributed by atoms with Crippen molar-refractivity contribution in [1.29, 1.82) is 0 Å². The molecule has 0 aromatic carbocycles. The maximum atomic E-state index is 8.71. The Balaban J connectivity index is 3.27. The van der Waals surface area contributed by atoms with Crippen LogP contribution in [0.5, 0.6) is 0 Å². The largest absolute Gasteiger partial charge is 0.396 e. The standard InChI is InChI=1S/C8H18O2/c1-7(5-9)4-8(2)6-10-3/h7-9H,4-6H2,1-3H3. The molecule has 2 unspecified atom stereocenters. The van der Waals surface area contributed by atoms with Gasteiger partial charge in [0, 0.05) is 20.3 Å². The Bertz CT molecular complexity index is 73.7. The molecule has 10 heavy (non-hydrogen) atoms. The Hall–Kier alpha value is -0.0800. The predicted molar refractivity (Wildman–Crippen MR) is 41.9 cm³/mol. The van der Waals surface area contributed by atoms with Crippen molar-refractivity contribution in [3.63, 3.8) is 0 Å². The fraction of sp³-hybridized carbons (Fsp3) is 1.00. The van der Waals surface area contributed by atoms with Gasteiger partial charge in [-0.05, 0) is 18.3 Å². The van der Waals surface area contributed by atoms with E-state index in [4.69, 9.17) is 9.84 Å². The molecule has 0 aliphatic carbocycles. The van der Waals surface area contributed by atoms with E-state index in [-0.39, 0.29) is 6.61 Å². The van der Waals surface area contributed by atoms with Gasteiger partial charge in [-0.25, -0.2) is 0 Å². The third kappa shape index (κ3) is 4.77. The lowest BCUT2D eigenvalue weighted by Crippen LogP contribution is -2.11. The van der Waals surface area contributed by atoms with Gasteiger partial charge < -0.3 is 9.84 Å². The number of hydrogen-bond acceptors (Lipinski definition) is 2. The Morgan fingerprint density at radius 1 is 1.30 bits per heavy atom. The summed E-state index contributed by atoms with van der Waals surface area (Å²) in [6.07, 6.45) is 1.05. The van der Waals surface area contributed by atoms with Gasteiger partial charge in [-0.15, -0.1) is 0 Å². The van der Waals surface area contributed by atoms with Crippen molar-refractivity contribution in [2.75, 3.05) is 20.3 Å². The number of methoxy groups -OCH3 is 1. The third-order valence-electron chi connectivity index (χ3n) is 1.57. The van der Waals surface area contributed by atoms with Crippen LogP contribution in [-0.2, 0) is 4.74 Å². The first-order valence-electron chi connectivity index (χ1n) is 3.80.